The molecule has 1 saturated heterocycles. The fraction of sp³-hybridized carbons (Fsp3) is 0.292. The number of thiophene rings is 1. The number of hydrogen-bond donors (Lipinski definition) is 2. The van der Waals surface area contributed by atoms with Crippen LogP contribution in [-0.2, 0) is 21.5 Å². The molecule has 0 radical (unpaired) electrons. The smallest absolute Gasteiger partial charge is 0.325 e. The van der Waals surface area contributed by atoms with Crippen molar-refractivity contribution in [2.75, 3.05) is 6.54 Å². The van der Waals surface area contributed by atoms with Crippen LogP contribution in [0.3, 0.4) is 0 Å². The number of hydrogen-bond acceptors (Lipinski definition) is 4. The van der Waals surface area contributed by atoms with Gasteiger partial charge in [-0.25, -0.2) is 4.79 Å². The third-order valence-electron chi connectivity index (χ3n) is 6.29. The molecule has 3 aromatic rings. The molecule has 158 valence electrons. The van der Waals surface area contributed by atoms with Crippen molar-refractivity contribution in [2.24, 2.45) is 0 Å². The fourth-order valence-electron chi connectivity index (χ4n) is 4.68. The molecule has 6 nitrogen and oxygen atoms in total. The number of aryl methyl sites for hydroxylation is 1. The molecule has 2 atom stereocenters. The number of imide groups is 1. The molecule has 1 aliphatic heterocycles. The number of urea groups is 1. The summed E-state index contributed by atoms with van der Waals surface area (Å²) in [6.07, 6.45) is 2.31. The summed E-state index contributed by atoms with van der Waals surface area (Å²) in [5.41, 5.74) is 0.833. The van der Waals surface area contributed by atoms with Crippen LogP contribution >= 0.6 is 11.3 Å². The second-order valence-electron chi connectivity index (χ2n) is 8.23. The summed E-state index contributed by atoms with van der Waals surface area (Å²) in [6, 6.07) is 15.3. The van der Waals surface area contributed by atoms with Crippen LogP contribution in [0, 0.1) is 0 Å². The third-order valence-corrected chi connectivity index (χ3v) is 7.27. The molecule has 1 fully saturated rings. The molecule has 0 unspecified atom stereocenters. The van der Waals surface area contributed by atoms with E-state index in [4.69, 9.17) is 0 Å². The standard InChI is InChI=1S/C24H23N3O3S/c1-15(17-9-8-16-5-2-3-6-18(16)13-17)25-21(28)14-27-22(29)24(26-23(27)30)11-4-7-20-19(24)10-12-31-20/h2-3,5-6,8-10,12-13,15H,4,7,11,14H2,1H3,(H,25,28)(H,26,30)/t15-,24+/m0/s1. The summed E-state index contributed by atoms with van der Waals surface area (Å²) in [7, 11) is 0. The van der Waals surface area contributed by atoms with Gasteiger partial charge in [-0.05, 0) is 60.0 Å². The second kappa shape index (κ2) is 7.50. The molecule has 1 aliphatic carbocycles. The molecule has 1 aromatic heterocycles. The van der Waals surface area contributed by atoms with Crippen LogP contribution in [0.4, 0.5) is 4.79 Å². The first kappa shape index (κ1) is 19.8. The average molecular weight is 434 g/mol. The Kier molecular flexibility index (Phi) is 4.78. The van der Waals surface area contributed by atoms with E-state index in [0.29, 0.717) is 6.42 Å². The minimum atomic E-state index is -1.02. The Morgan fingerprint density at radius 3 is 2.84 bits per heavy atom. The summed E-state index contributed by atoms with van der Waals surface area (Å²) in [4.78, 5) is 40.8. The summed E-state index contributed by atoms with van der Waals surface area (Å²) in [6.45, 7) is 1.61. The van der Waals surface area contributed by atoms with E-state index >= 15 is 0 Å². The minimum Gasteiger partial charge on any atom is -0.348 e. The Labute approximate surface area is 184 Å². The van der Waals surface area contributed by atoms with Gasteiger partial charge in [0.05, 0.1) is 6.04 Å². The highest BCUT2D eigenvalue weighted by Gasteiger charge is 2.54. The zero-order valence-electron chi connectivity index (χ0n) is 17.2. The summed E-state index contributed by atoms with van der Waals surface area (Å²) >= 11 is 1.61. The van der Waals surface area contributed by atoms with Crippen LogP contribution in [0.5, 0.6) is 0 Å². The van der Waals surface area contributed by atoms with E-state index in [1.54, 1.807) is 11.3 Å². The van der Waals surface area contributed by atoms with Gasteiger partial charge in [0.15, 0.2) is 0 Å². The van der Waals surface area contributed by atoms with Crippen molar-refractivity contribution in [1.29, 1.82) is 0 Å². The van der Waals surface area contributed by atoms with Gasteiger partial charge >= 0.3 is 6.03 Å². The molecule has 2 aliphatic rings. The minimum absolute atomic E-state index is 0.245. The molecular formula is C24H23N3O3S. The van der Waals surface area contributed by atoms with E-state index in [9.17, 15) is 14.4 Å². The monoisotopic (exact) mass is 433 g/mol. The van der Waals surface area contributed by atoms with Crippen LogP contribution in [0.25, 0.3) is 10.8 Å². The number of benzene rings is 2. The topological polar surface area (TPSA) is 78.5 Å². The lowest BCUT2D eigenvalue weighted by molar-refractivity contribution is -0.135. The van der Waals surface area contributed by atoms with Crippen molar-refractivity contribution in [2.45, 2.75) is 37.8 Å². The predicted molar refractivity (Wildman–Crippen MR) is 120 cm³/mol. The molecule has 2 heterocycles. The van der Waals surface area contributed by atoms with E-state index in [-0.39, 0.29) is 24.4 Å². The highest BCUT2D eigenvalue weighted by molar-refractivity contribution is 7.10. The van der Waals surface area contributed by atoms with Crippen molar-refractivity contribution >= 4 is 40.0 Å². The zero-order valence-corrected chi connectivity index (χ0v) is 18.0. The Hall–Kier alpha value is -3.19. The number of fused-ring (bicyclic) bond motifs is 3. The highest BCUT2D eigenvalue weighted by Crippen LogP contribution is 2.42. The van der Waals surface area contributed by atoms with Gasteiger partial charge in [-0.2, -0.15) is 0 Å². The second-order valence-corrected chi connectivity index (χ2v) is 9.23. The Balaban J connectivity index is 1.30. The van der Waals surface area contributed by atoms with Gasteiger partial charge in [0.1, 0.15) is 12.1 Å². The van der Waals surface area contributed by atoms with Gasteiger partial charge in [0.2, 0.25) is 5.91 Å². The third kappa shape index (κ3) is 3.29. The summed E-state index contributed by atoms with van der Waals surface area (Å²) in [5.74, 6) is -0.687. The lowest BCUT2D eigenvalue weighted by Crippen LogP contribution is -2.47. The van der Waals surface area contributed by atoms with E-state index in [2.05, 4.69) is 10.6 Å². The van der Waals surface area contributed by atoms with Gasteiger partial charge in [0, 0.05) is 10.4 Å². The largest absolute Gasteiger partial charge is 0.348 e. The van der Waals surface area contributed by atoms with Crippen LogP contribution in [0.2, 0.25) is 0 Å². The first-order valence-corrected chi connectivity index (χ1v) is 11.3. The fourth-order valence-corrected chi connectivity index (χ4v) is 5.68. The maximum absolute atomic E-state index is 13.3. The van der Waals surface area contributed by atoms with Crippen LogP contribution in [0.1, 0.15) is 41.8 Å². The SMILES string of the molecule is C[C@H](NC(=O)CN1C(=O)N[C@@]2(CCCc3sccc32)C1=O)c1ccc2ccccc2c1. The van der Waals surface area contributed by atoms with Gasteiger partial charge in [-0.1, -0.05) is 36.4 Å². The Bertz CT molecular complexity index is 1200. The van der Waals surface area contributed by atoms with Crippen LogP contribution in [-0.4, -0.2) is 29.3 Å². The molecule has 4 amide bonds. The molecule has 0 bridgehead atoms. The van der Waals surface area contributed by atoms with Crippen molar-refractivity contribution in [3.05, 3.63) is 69.9 Å². The number of nitrogens with zero attached hydrogens (tertiary/aromatic N) is 1. The van der Waals surface area contributed by atoms with E-state index in [0.717, 1.165) is 44.5 Å². The number of nitrogens with one attached hydrogen (secondary N) is 2. The molecule has 1 spiro atoms. The van der Waals surface area contributed by atoms with Crippen molar-refractivity contribution in [3.8, 4) is 0 Å². The number of carbonyl (C=O) groups excluding carboxylic acids is 3. The van der Waals surface area contributed by atoms with Crippen LogP contribution < -0.4 is 10.6 Å². The summed E-state index contributed by atoms with van der Waals surface area (Å²) in [5, 5.41) is 10.00. The molecule has 5 rings (SSSR count). The molecule has 7 heteroatoms. The van der Waals surface area contributed by atoms with E-state index in [1.165, 1.54) is 0 Å². The average Bonchev–Trinajstić information content (AvgIpc) is 3.34. The van der Waals surface area contributed by atoms with E-state index in [1.807, 2.05) is 60.8 Å². The summed E-state index contributed by atoms with van der Waals surface area (Å²) < 4.78 is 0. The molecule has 0 saturated carbocycles. The van der Waals surface area contributed by atoms with Gasteiger partial charge in [-0.15, -0.1) is 11.3 Å². The van der Waals surface area contributed by atoms with Crippen molar-refractivity contribution in [1.82, 2.24) is 15.5 Å². The maximum Gasteiger partial charge on any atom is 0.325 e. The number of amides is 4. The predicted octanol–water partition coefficient (Wildman–Crippen LogP) is 3.86. The molecular weight excluding hydrogens is 410 g/mol. The Morgan fingerprint density at radius 1 is 1.19 bits per heavy atom. The van der Waals surface area contributed by atoms with Crippen molar-refractivity contribution in [3.63, 3.8) is 0 Å². The van der Waals surface area contributed by atoms with E-state index < -0.39 is 11.6 Å². The molecule has 2 N–H and O–H groups in total. The zero-order chi connectivity index (χ0) is 21.6. The normalized spacial score (nSPS) is 21.3. The first-order valence-electron chi connectivity index (χ1n) is 10.5. The molecule has 2 aromatic carbocycles. The van der Waals surface area contributed by atoms with Crippen LogP contribution in [0.15, 0.2) is 53.9 Å². The van der Waals surface area contributed by atoms with Gasteiger partial charge in [-0.3, -0.25) is 14.5 Å². The lowest BCUT2D eigenvalue weighted by Gasteiger charge is -2.31. The van der Waals surface area contributed by atoms with Crippen molar-refractivity contribution < 1.29 is 14.4 Å². The van der Waals surface area contributed by atoms with Gasteiger partial charge < -0.3 is 10.6 Å². The van der Waals surface area contributed by atoms with Gasteiger partial charge in [0.25, 0.3) is 5.91 Å². The number of carbonyl (C=O) groups is 3. The number of rotatable bonds is 4. The first-order chi connectivity index (χ1) is 15.0. The lowest BCUT2D eigenvalue weighted by atomic mass is 9.80. The molecule has 31 heavy (non-hydrogen) atoms. The highest BCUT2D eigenvalue weighted by atomic mass is 32.1. The Morgan fingerprint density at radius 2 is 2.00 bits per heavy atom. The maximum atomic E-state index is 13.3. The quantitative estimate of drug-likeness (QED) is 0.613.